The van der Waals surface area contributed by atoms with Gasteiger partial charge in [0.1, 0.15) is 11.9 Å². The maximum Gasteiger partial charge on any atom is 0.263 e. The molecule has 0 spiro atoms. The van der Waals surface area contributed by atoms with E-state index in [-0.39, 0.29) is 30.9 Å². The van der Waals surface area contributed by atoms with E-state index in [4.69, 9.17) is 0 Å². The molecule has 1 aliphatic heterocycles. The van der Waals surface area contributed by atoms with Gasteiger partial charge in [-0.25, -0.2) is 4.98 Å². The van der Waals surface area contributed by atoms with Gasteiger partial charge in [-0.3, -0.25) is 24.3 Å². The van der Waals surface area contributed by atoms with Crippen molar-refractivity contribution in [3.8, 4) is 0 Å². The number of nitrogens with zero attached hydrogens (tertiary/aromatic N) is 2. The summed E-state index contributed by atoms with van der Waals surface area (Å²) in [5.74, 6) is 0.311. The summed E-state index contributed by atoms with van der Waals surface area (Å²) >= 11 is 1.52. The Bertz CT molecular complexity index is 1190. The lowest BCUT2D eigenvalue weighted by Gasteiger charge is -2.24. The molecule has 1 atom stereocenters. The second kappa shape index (κ2) is 8.41. The number of fused-ring (bicyclic) bond motifs is 1. The Hall–Kier alpha value is -2.97. The molecule has 1 fully saturated rings. The number of carbonyl (C=O) groups excluding carboxylic acids is 2. The molecule has 0 aliphatic carbocycles. The van der Waals surface area contributed by atoms with Crippen LogP contribution in [-0.4, -0.2) is 26.5 Å². The number of amides is 2. The van der Waals surface area contributed by atoms with E-state index in [2.05, 4.69) is 10.3 Å². The largest absolute Gasteiger partial charge is 0.392 e. The summed E-state index contributed by atoms with van der Waals surface area (Å²) < 4.78 is 1.41. The number of thioether (sulfide) groups is 1. The fourth-order valence-electron chi connectivity index (χ4n) is 3.64. The van der Waals surface area contributed by atoms with Crippen molar-refractivity contribution >= 4 is 34.5 Å². The van der Waals surface area contributed by atoms with Gasteiger partial charge in [-0.1, -0.05) is 30.3 Å². The molecule has 0 radical (unpaired) electrons. The number of imide groups is 1. The van der Waals surface area contributed by atoms with Crippen molar-refractivity contribution in [1.82, 2.24) is 14.9 Å². The lowest BCUT2D eigenvalue weighted by molar-refractivity contribution is -0.135. The number of aryl methyl sites for hydroxylation is 1. The molecule has 2 heterocycles. The molecule has 0 bridgehead atoms. The number of benzene rings is 2. The summed E-state index contributed by atoms with van der Waals surface area (Å²) in [6.45, 7) is 1.70. The Balaban J connectivity index is 1.71. The number of hydrogen-bond acceptors (Lipinski definition) is 6. The molecule has 1 aromatic heterocycles. The molecule has 0 saturated carbocycles. The number of hydrogen-bond donors (Lipinski definition) is 2. The number of aliphatic hydroxyl groups excluding tert-OH is 1. The highest BCUT2D eigenvalue weighted by atomic mass is 32.2. The van der Waals surface area contributed by atoms with Crippen LogP contribution >= 0.6 is 11.8 Å². The number of aliphatic hydroxyl groups is 1. The summed E-state index contributed by atoms with van der Waals surface area (Å²) in [5, 5.41) is 12.0. The number of aromatic nitrogens is 2. The summed E-state index contributed by atoms with van der Waals surface area (Å²) in [4.78, 5) is 42.6. The molecular weight excluding hydrogens is 402 g/mol. The van der Waals surface area contributed by atoms with E-state index in [0.717, 1.165) is 16.0 Å². The maximum absolute atomic E-state index is 13.4. The standard InChI is InChI=1S/C22H21N3O4S/c1-13-23-16-3-2-4-18(30-12-15-7-5-14(11-26)6-8-15)20(16)22(29)25(13)17-9-10-19(27)24-21(17)28/h2-8,17,26H,9-12H2,1H3,(H,24,27,28). The first-order valence-corrected chi connectivity index (χ1v) is 10.6. The van der Waals surface area contributed by atoms with E-state index in [1.165, 1.54) is 16.3 Å². The van der Waals surface area contributed by atoms with Crippen molar-refractivity contribution in [3.63, 3.8) is 0 Å². The SMILES string of the molecule is Cc1nc2cccc(SCc3ccc(CO)cc3)c2c(=O)n1C1CCC(=O)NC1=O. The monoisotopic (exact) mass is 423 g/mol. The van der Waals surface area contributed by atoms with Gasteiger partial charge in [0, 0.05) is 17.1 Å². The molecule has 1 saturated heterocycles. The Morgan fingerprint density at radius 3 is 2.57 bits per heavy atom. The zero-order valence-corrected chi connectivity index (χ0v) is 17.2. The van der Waals surface area contributed by atoms with Crippen LogP contribution in [0.3, 0.4) is 0 Å². The predicted molar refractivity (Wildman–Crippen MR) is 114 cm³/mol. The first kappa shape index (κ1) is 20.3. The summed E-state index contributed by atoms with van der Waals surface area (Å²) in [5.41, 5.74) is 2.23. The summed E-state index contributed by atoms with van der Waals surface area (Å²) in [6.07, 6.45) is 0.478. The highest BCUT2D eigenvalue weighted by molar-refractivity contribution is 7.98. The minimum atomic E-state index is -0.740. The van der Waals surface area contributed by atoms with Crippen LogP contribution in [0, 0.1) is 6.92 Å². The summed E-state index contributed by atoms with van der Waals surface area (Å²) in [6, 6.07) is 12.4. The molecule has 2 N–H and O–H groups in total. The predicted octanol–water partition coefficient (Wildman–Crippen LogP) is 2.47. The molecule has 8 heteroatoms. The molecular formula is C22H21N3O4S. The van der Waals surface area contributed by atoms with Crippen molar-refractivity contribution in [2.75, 3.05) is 0 Å². The molecule has 1 aliphatic rings. The molecule has 30 heavy (non-hydrogen) atoms. The van der Waals surface area contributed by atoms with Gasteiger partial charge in [-0.05, 0) is 36.6 Å². The second-order valence-corrected chi connectivity index (χ2v) is 8.23. The van der Waals surface area contributed by atoms with Crippen LogP contribution in [0.5, 0.6) is 0 Å². The second-order valence-electron chi connectivity index (χ2n) is 7.21. The van der Waals surface area contributed by atoms with Crippen LogP contribution in [0.25, 0.3) is 10.9 Å². The van der Waals surface area contributed by atoms with Gasteiger partial charge >= 0.3 is 0 Å². The smallest absolute Gasteiger partial charge is 0.263 e. The Labute approximate surface area is 177 Å². The normalized spacial score (nSPS) is 16.7. The Morgan fingerprint density at radius 2 is 1.87 bits per heavy atom. The van der Waals surface area contributed by atoms with Crippen LogP contribution in [0.4, 0.5) is 0 Å². The zero-order chi connectivity index (χ0) is 21.3. The molecule has 4 rings (SSSR count). The quantitative estimate of drug-likeness (QED) is 0.483. The van der Waals surface area contributed by atoms with Gasteiger partial charge in [-0.15, -0.1) is 11.8 Å². The average Bonchev–Trinajstić information content (AvgIpc) is 2.73. The fourth-order valence-corrected chi connectivity index (χ4v) is 4.67. The third-order valence-electron chi connectivity index (χ3n) is 5.19. The maximum atomic E-state index is 13.4. The van der Waals surface area contributed by atoms with Gasteiger partial charge in [0.05, 0.1) is 17.5 Å². The number of nitrogens with one attached hydrogen (secondary N) is 1. The van der Waals surface area contributed by atoms with Crippen LogP contribution in [0.2, 0.25) is 0 Å². The van der Waals surface area contributed by atoms with E-state index >= 15 is 0 Å². The molecule has 7 nitrogen and oxygen atoms in total. The van der Waals surface area contributed by atoms with E-state index in [9.17, 15) is 19.5 Å². The number of rotatable bonds is 5. The van der Waals surface area contributed by atoms with Crippen LogP contribution in [0.1, 0.15) is 35.8 Å². The average molecular weight is 423 g/mol. The Morgan fingerprint density at radius 1 is 1.13 bits per heavy atom. The van der Waals surface area contributed by atoms with Crippen molar-refractivity contribution < 1.29 is 14.7 Å². The van der Waals surface area contributed by atoms with Crippen LogP contribution < -0.4 is 10.9 Å². The van der Waals surface area contributed by atoms with E-state index in [1.54, 1.807) is 13.0 Å². The van der Waals surface area contributed by atoms with Gasteiger partial charge in [0.15, 0.2) is 0 Å². The van der Waals surface area contributed by atoms with Gasteiger partial charge < -0.3 is 5.11 Å². The van der Waals surface area contributed by atoms with Crippen LogP contribution in [-0.2, 0) is 21.9 Å². The van der Waals surface area contributed by atoms with Crippen LogP contribution in [0.15, 0.2) is 52.2 Å². The first-order chi connectivity index (χ1) is 14.5. The molecule has 154 valence electrons. The zero-order valence-electron chi connectivity index (χ0n) is 16.4. The van der Waals surface area contributed by atoms with E-state index < -0.39 is 11.9 Å². The molecule has 2 aromatic carbocycles. The van der Waals surface area contributed by atoms with Crippen molar-refractivity contribution in [2.24, 2.45) is 0 Å². The molecule has 1 unspecified atom stereocenters. The van der Waals surface area contributed by atoms with Gasteiger partial charge in [0.25, 0.3) is 5.56 Å². The third kappa shape index (κ3) is 3.88. The lowest BCUT2D eigenvalue weighted by Crippen LogP contribution is -2.45. The number of carbonyl (C=O) groups is 2. The first-order valence-electron chi connectivity index (χ1n) is 9.65. The molecule has 2 amide bonds. The van der Waals surface area contributed by atoms with E-state index in [1.807, 2.05) is 36.4 Å². The van der Waals surface area contributed by atoms with Crippen molar-refractivity contribution in [3.05, 3.63) is 69.8 Å². The fraction of sp³-hybridized carbons (Fsp3) is 0.273. The van der Waals surface area contributed by atoms with Gasteiger partial charge in [-0.2, -0.15) is 0 Å². The minimum absolute atomic E-state index is 0.00164. The third-order valence-corrected chi connectivity index (χ3v) is 6.32. The summed E-state index contributed by atoms with van der Waals surface area (Å²) in [7, 11) is 0. The van der Waals surface area contributed by atoms with Gasteiger partial charge in [0.2, 0.25) is 11.8 Å². The van der Waals surface area contributed by atoms with E-state index in [0.29, 0.717) is 22.5 Å². The molecule has 3 aromatic rings. The Kier molecular flexibility index (Phi) is 5.69. The van der Waals surface area contributed by atoms with Crippen molar-refractivity contribution in [1.29, 1.82) is 0 Å². The number of piperidine rings is 1. The topological polar surface area (TPSA) is 101 Å². The van der Waals surface area contributed by atoms with Crippen molar-refractivity contribution in [2.45, 2.75) is 43.1 Å². The minimum Gasteiger partial charge on any atom is -0.392 e. The highest BCUT2D eigenvalue weighted by Crippen LogP contribution is 2.29. The lowest BCUT2D eigenvalue weighted by atomic mass is 10.1. The highest BCUT2D eigenvalue weighted by Gasteiger charge is 2.30.